The molecule has 1 heterocycles. The smallest absolute Gasteiger partial charge is 0.0229 e. The normalized spacial score (nSPS) is 14.7. The Hall–Kier alpha value is 1.14. The fourth-order valence-corrected chi connectivity index (χ4v) is 3.06. The van der Waals surface area contributed by atoms with Crippen LogP contribution < -0.4 is 0 Å². The van der Waals surface area contributed by atoms with Crippen LogP contribution >= 0.6 is 46.8 Å². The molecule has 0 nitrogen and oxygen atoms in total. The van der Waals surface area contributed by atoms with E-state index in [1.54, 1.807) is 0 Å². The number of hydrogen-bond donors (Lipinski definition) is 2. The van der Waals surface area contributed by atoms with Gasteiger partial charge in [0.05, 0.1) is 0 Å². The molecule has 0 aliphatic carbocycles. The Morgan fingerprint density at radius 2 is 2.08 bits per heavy atom. The predicted octanol–water partition coefficient (Wildman–Crippen LogP) is 3.77. The third-order valence-electron chi connectivity index (χ3n) is 1.48. The quantitative estimate of drug-likeness (QED) is 0.569. The minimum Gasteiger partial charge on any atom is -0.179 e. The second-order valence-electron chi connectivity index (χ2n) is 2.39. The maximum atomic E-state index is 4.13. The third-order valence-corrected chi connectivity index (χ3v) is 4.43. The lowest BCUT2D eigenvalue weighted by Crippen LogP contribution is -2.00. The van der Waals surface area contributed by atoms with Gasteiger partial charge in [0, 0.05) is 5.75 Å². The van der Waals surface area contributed by atoms with Crippen molar-refractivity contribution in [2.75, 3.05) is 17.3 Å². The van der Waals surface area contributed by atoms with Crippen molar-refractivity contribution in [3.05, 3.63) is 11.5 Å². The van der Waals surface area contributed by atoms with Gasteiger partial charge in [0.1, 0.15) is 0 Å². The molecule has 12 heavy (non-hydrogen) atoms. The fourth-order valence-electron chi connectivity index (χ4n) is 0.512. The first-order valence-corrected chi connectivity index (χ1v) is 7.64. The van der Waals surface area contributed by atoms with Gasteiger partial charge < -0.3 is 0 Å². The first-order valence-electron chi connectivity index (χ1n) is 4.00. The summed E-state index contributed by atoms with van der Waals surface area (Å²) in [6.07, 6.45) is 3.36. The lowest BCUT2D eigenvalue weighted by atomic mass is 10.2. The average Bonchev–Trinajstić information content (AvgIpc) is 2.64. The summed E-state index contributed by atoms with van der Waals surface area (Å²) in [4.78, 5) is 0. The lowest BCUT2D eigenvalue weighted by molar-refractivity contribution is 0.651. The summed E-state index contributed by atoms with van der Waals surface area (Å²) >= 11 is 8.25. The molecular formula is C8H16S4. The van der Waals surface area contributed by atoms with Crippen molar-refractivity contribution in [3.8, 4) is 0 Å². The molecule has 0 aromatic heterocycles. The van der Waals surface area contributed by atoms with E-state index in [0.29, 0.717) is 5.92 Å². The summed E-state index contributed by atoms with van der Waals surface area (Å²) < 4.78 is 0. The number of rotatable bonds is 3. The van der Waals surface area contributed by atoms with E-state index in [1.165, 1.54) is 12.2 Å². The molecule has 0 aromatic carbocycles. The van der Waals surface area contributed by atoms with E-state index in [0.717, 1.165) is 11.5 Å². The topological polar surface area (TPSA) is 0 Å². The largest absolute Gasteiger partial charge is 0.179 e. The molecule has 0 aromatic rings. The molecule has 0 fully saturated rings. The Kier molecular flexibility index (Phi) is 11.2. The van der Waals surface area contributed by atoms with Gasteiger partial charge in [-0.25, -0.2) is 0 Å². The molecule has 0 spiro atoms. The van der Waals surface area contributed by atoms with E-state index < -0.39 is 0 Å². The van der Waals surface area contributed by atoms with Crippen molar-refractivity contribution in [2.24, 2.45) is 5.92 Å². The minimum atomic E-state index is 0.715. The summed E-state index contributed by atoms with van der Waals surface area (Å²) in [5.41, 5.74) is 0. The van der Waals surface area contributed by atoms with Crippen molar-refractivity contribution in [1.82, 2.24) is 0 Å². The molecule has 1 rings (SSSR count). The number of hydrogen-bond acceptors (Lipinski definition) is 4. The van der Waals surface area contributed by atoms with Crippen LogP contribution in [0.25, 0.3) is 0 Å². The van der Waals surface area contributed by atoms with Crippen LogP contribution in [0.5, 0.6) is 0 Å². The molecule has 72 valence electrons. The summed E-state index contributed by atoms with van der Waals surface area (Å²) in [6.45, 7) is 2.16. The third kappa shape index (κ3) is 7.77. The van der Waals surface area contributed by atoms with E-state index in [2.05, 4.69) is 43.7 Å². The zero-order valence-electron chi connectivity index (χ0n) is 7.27. The van der Waals surface area contributed by atoms with Gasteiger partial charge in [-0.1, -0.05) is 41.0 Å². The highest BCUT2D eigenvalue weighted by Crippen LogP contribution is 2.27. The highest BCUT2D eigenvalue weighted by Gasteiger charge is 1.97. The first kappa shape index (κ1) is 13.1. The van der Waals surface area contributed by atoms with Crippen molar-refractivity contribution in [2.45, 2.75) is 13.3 Å². The van der Waals surface area contributed by atoms with Gasteiger partial charge in [0.2, 0.25) is 0 Å². The molecule has 1 aliphatic rings. The lowest BCUT2D eigenvalue weighted by Gasteiger charge is -2.04. The molecule has 1 aliphatic heterocycles. The van der Waals surface area contributed by atoms with Crippen LogP contribution in [0.2, 0.25) is 0 Å². The molecule has 0 N–H and O–H groups in total. The van der Waals surface area contributed by atoms with Crippen molar-refractivity contribution in [1.29, 1.82) is 0 Å². The molecular weight excluding hydrogens is 224 g/mol. The van der Waals surface area contributed by atoms with Crippen molar-refractivity contribution >= 4 is 46.8 Å². The molecule has 4 heteroatoms. The van der Waals surface area contributed by atoms with Crippen LogP contribution in [0.4, 0.5) is 0 Å². The molecule has 0 amide bonds. The highest BCUT2D eigenvalue weighted by molar-refractivity contribution is 8.78. The average molecular weight is 240 g/mol. The monoisotopic (exact) mass is 240 g/mol. The maximum absolute atomic E-state index is 4.13. The van der Waals surface area contributed by atoms with E-state index in [-0.39, 0.29) is 0 Å². The Morgan fingerprint density at radius 3 is 2.17 bits per heavy atom. The van der Waals surface area contributed by atoms with Crippen LogP contribution in [0, 0.1) is 5.92 Å². The Labute approximate surface area is 94.6 Å². The van der Waals surface area contributed by atoms with Gasteiger partial charge in [-0.05, 0) is 22.8 Å². The summed E-state index contributed by atoms with van der Waals surface area (Å²) in [7, 11) is 3.69. The van der Waals surface area contributed by atoms with Gasteiger partial charge >= 0.3 is 0 Å². The van der Waals surface area contributed by atoms with Gasteiger partial charge in [-0.2, -0.15) is 25.3 Å². The van der Waals surface area contributed by atoms with Gasteiger partial charge in [-0.3, -0.25) is 0 Å². The fraction of sp³-hybridized carbons (Fsp3) is 0.750. The van der Waals surface area contributed by atoms with Crippen LogP contribution in [0.3, 0.4) is 0 Å². The summed E-state index contributed by atoms with van der Waals surface area (Å²) in [6, 6.07) is 0. The van der Waals surface area contributed by atoms with Gasteiger partial charge in [-0.15, -0.1) is 0 Å². The second-order valence-corrected chi connectivity index (χ2v) is 5.44. The van der Waals surface area contributed by atoms with Crippen LogP contribution in [0.15, 0.2) is 11.5 Å². The van der Waals surface area contributed by atoms with Gasteiger partial charge in [0.15, 0.2) is 0 Å². The Bertz CT molecular complexity index is 98.1. The Balaban J connectivity index is 0.000000211. The van der Waals surface area contributed by atoms with E-state index in [4.69, 9.17) is 0 Å². The van der Waals surface area contributed by atoms with E-state index in [9.17, 15) is 0 Å². The zero-order chi connectivity index (χ0) is 9.23. The molecule has 0 saturated carbocycles. The molecule has 0 saturated heterocycles. The first-order chi connectivity index (χ1) is 5.85. The van der Waals surface area contributed by atoms with Crippen LogP contribution in [-0.2, 0) is 0 Å². The second kappa shape index (κ2) is 10.2. The van der Waals surface area contributed by atoms with Crippen molar-refractivity contribution < 1.29 is 0 Å². The van der Waals surface area contributed by atoms with Crippen molar-refractivity contribution in [3.63, 3.8) is 0 Å². The predicted molar refractivity (Wildman–Crippen MR) is 70.7 cm³/mol. The van der Waals surface area contributed by atoms with E-state index in [1.807, 2.05) is 21.6 Å². The molecule has 0 radical (unpaired) electrons. The minimum absolute atomic E-state index is 0.715. The Morgan fingerprint density at radius 1 is 1.42 bits per heavy atom. The summed E-state index contributed by atoms with van der Waals surface area (Å²) in [5.74, 6) is 3.86. The highest BCUT2D eigenvalue weighted by atomic mass is 33.1. The number of thiol groups is 2. The SMILES string of the molecule is C1=CSSC1.CCC(CS)CS. The molecule has 0 bridgehead atoms. The molecule has 0 unspecified atom stereocenters. The standard InChI is InChI=1S/C5H12S2.C3H4S2/c1-2-5(3-6)4-7;1-2-4-5-3-1/h5-7H,2-4H2,1H3;1-2H,3H2. The maximum Gasteiger partial charge on any atom is 0.0229 e. The van der Waals surface area contributed by atoms with Crippen LogP contribution in [-0.4, -0.2) is 17.3 Å². The van der Waals surface area contributed by atoms with E-state index >= 15 is 0 Å². The molecule has 0 atom stereocenters. The van der Waals surface area contributed by atoms with Crippen LogP contribution in [0.1, 0.15) is 13.3 Å². The summed E-state index contributed by atoms with van der Waals surface area (Å²) in [5, 5.41) is 2.12. The zero-order valence-corrected chi connectivity index (χ0v) is 10.7. The van der Waals surface area contributed by atoms with Gasteiger partial charge in [0.25, 0.3) is 0 Å².